The van der Waals surface area contributed by atoms with E-state index in [0.717, 1.165) is 5.69 Å². The molecule has 0 aliphatic carbocycles. The Kier molecular flexibility index (Phi) is 1.95. The van der Waals surface area contributed by atoms with E-state index < -0.39 is 0 Å². The van der Waals surface area contributed by atoms with E-state index in [1.165, 1.54) is 15.9 Å². The van der Waals surface area contributed by atoms with Crippen molar-refractivity contribution in [2.45, 2.75) is 20.4 Å². The highest BCUT2D eigenvalue weighted by Gasteiger charge is 2.06. The Hall–Kier alpha value is -1.85. The number of nitrogens with one attached hydrogen (secondary N) is 1. The molecule has 0 aromatic carbocycles. The number of hydrogen-bond acceptors (Lipinski definition) is 4. The quantitative estimate of drug-likeness (QED) is 0.714. The number of rotatable bonds is 2. The molecule has 0 atom stereocenters. The van der Waals surface area contributed by atoms with Crippen LogP contribution in [-0.4, -0.2) is 25.2 Å². The topological polar surface area (TPSA) is 85.4 Å². The van der Waals surface area contributed by atoms with Crippen molar-refractivity contribution in [3.8, 4) is 0 Å². The number of aryl methyl sites for hydroxylation is 2. The molecular formula is C8H12N6. The molecule has 74 valence electrons. The molecule has 2 aromatic rings. The lowest BCUT2D eigenvalue weighted by Gasteiger charge is -1.99. The van der Waals surface area contributed by atoms with E-state index >= 15 is 0 Å². The van der Waals surface area contributed by atoms with Crippen molar-refractivity contribution in [2.24, 2.45) is 0 Å². The largest absolute Gasteiger partial charge is 0.365 e. The second-order valence-electron chi connectivity index (χ2n) is 3.25. The van der Waals surface area contributed by atoms with E-state index in [9.17, 15) is 0 Å². The van der Waals surface area contributed by atoms with Gasteiger partial charge in [-0.2, -0.15) is 4.80 Å². The summed E-state index contributed by atoms with van der Waals surface area (Å²) in [6, 6.07) is 0. The smallest absolute Gasteiger partial charge is 0.260 e. The van der Waals surface area contributed by atoms with Gasteiger partial charge < -0.3 is 10.7 Å². The number of tetrazole rings is 1. The number of H-pyrrole nitrogens is 1. The van der Waals surface area contributed by atoms with Gasteiger partial charge in [-0.3, -0.25) is 0 Å². The second kappa shape index (κ2) is 3.13. The Morgan fingerprint density at radius 2 is 2.29 bits per heavy atom. The van der Waals surface area contributed by atoms with E-state index in [4.69, 9.17) is 5.73 Å². The van der Waals surface area contributed by atoms with Gasteiger partial charge in [0.2, 0.25) is 0 Å². The maximum atomic E-state index is 5.37. The van der Waals surface area contributed by atoms with Crippen LogP contribution in [-0.2, 0) is 6.54 Å². The molecular weight excluding hydrogens is 180 g/mol. The monoisotopic (exact) mass is 192 g/mol. The highest BCUT2D eigenvalue weighted by atomic mass is 15.6. The van der Waals surface area contributed by atoms with Crippen LogP contribution in [0, 0.1) is 13.8 Å². The highest BCUT2D eigenvalue weighted by Crippen LogP contribution is 2.12. The van der Waals surface area contributed by atoms with E-state index in [2.05, 4.69) is 20.4 Å². The maximum absolute atomic E-state index is 5.37. The summed E-state index contributed by atoms with van der Waals surface area (Å²) < 4.78 is 0. The molecule has 0 spiro atoms. The van der Waals surface area contributed by atoms with E-state index in [0.29, 0.717) is 6.54 Å². The van der Waals surface area contributed by atoms with Crippen molar-refractivity contribution in [3.05, 3.63) is 23.0 Å². The van der Waals surface area contributed by atoms with Gasteiger partial charge in [-0.1, -0.05) is 5.10 Å². The Morgan fingerprint density at radius 3 is 2.79 bits per heavy atom. The Bertz CT molecular complexity index is 421. The van der Waals surface area contributed by atoms with Crippen molar-refractivity contribution in [3.63, 3.8) is 0 Å². The number of nitrogens with two attached hydrogens (primary N) is 1. The van der Waals surface area contributed by atoms with Gasteiger partial charge in [0.15, 0.2) is 0 Å². The minimum atomic E-state index is 0.204. The third-order valence-corrected chi connectivity index (χ3v) is 2.20. The first-order chi connectivity index (χ1) is 6.66. The molecule has 0 radical (unpaired) electrons. The van der Waals surface area contributed by atoms with Crippen LogP contribution >= 0.6 is 0 Å². The first-order valence-corrected chi connectivity index (χ1v) is 4.33. The standard InChI is InChI=1S/C8H12N6/c1-5-3-10-6(2)7(5)4-14-12-8(9)11-13-14/h3,10H,4H2,1-2H3,(H2,9,12). The third kappa shape index (κ3) is 1.46. The predicted molar refractivity (Wildman–Crippen MR) is 51.6 cm³/mol. The molecule has 0 bridgehead atoms. The lowest BCUT2D eigenvalue weighted by Crippen LogP contribution is -2.05. The van der Waals surface area contributed by atoms with Gasteiger partial charge in [-0.15, -0.1) is 5.10 Å². The Morgan fingerprint density at radius 1 is 1.50 bits per heavy atom. The molecule has 0 aliphatic rings. The highest BCUT2D eigenvalue weighted by molar-refractivity contribution is 5.28. The number of nitrogen functional groups attached to an aromatic ring is 1. The first-order valence-electron chi connectivity index (χ1n) is 4.33. The van der Waals surface area contributed by atoms with Gasteiger partial charge in [0.05, 0.1) is 6.54 Å². The van der Waals surface area contributed by atoms with Crippen molar-refractivity contribution >= 4 is 5.95 Å². The fourth-order valence-electron chi connectivity index (χ4n) is 1.39. The van der Waals surface area contributed by atoms with Crippen LogP contribution in [0.2, 0.25) is 0 Å². The summed E-state index contributed by atoms with van der Waals surface area (Å²) in [7, 11) is 0. The lowest BCUT2D eigenvalue weighted by atomic mass is 10.2. The fraction of sp³-hybridized carbons (Fsp3) is 0.375. The molecule has 0 amide bonds. The van der Waals surface area contributed by atoms with Crippen LogP contribution in [0.5, 0.6) is 0 Å². The second-order valence-corrected chi connectivity index (χ2v) is 3.25. The van der Waals surface area contributed by atoms with Crippen molar-refractivity contribution in [1.82, 2.24) is 25.2 Å². The van der Waals surface area contributed by atoms with Gasteiger partial charge in [0.25, 0.3) is 5.95 Å². The number of nitrogens with zero attached hydrogens (tertiary/aromatic N) is 4. The molecule has 0 fully saturated rings. The summed E-state index contributed by atoms with van der Waals surface area (Å²) >= 11 is 0. The minimum absolute atomic E-state index is 0.204. The summed E-state index contributed by atoms with van der Waals surface area (Å²) in [6.45, 7) is 4.66. The average Bonchev–Trinajstić information content (AvgIpc) is 2.67. The van der Waals surface area contributed by atoms with E-state index in [-0.39, 0.29) is 5.95 Å². The van der Waals surface area contributed by atoms with Gasteiger partial charge in [0, 0.05) is 11.9 Å². The third-order valence-electron chi connectivity index (χ3n) is 2.20. The van der Waals surface area contributed by atoms with Crippen LogP contribution in [0.3, 0.4) is 0 Å². The summed E-state index contributed by atoms with van der Waals surface area (Å²) in [5, 5.41) is 11.3. The van der Waals surface area contributed by atoms with Crippen LogP contribution in [0.1, 0.15) is 16.8 Å². The van der Waals surface area contributed by atoms with Crippen LogP contribution < -0.4 is 5.73 Å². The van der Waals surface area contributed by atoms with Gasteiger partial charge in [0.1, 0.15) is 0 Å². The SMILES string of the molecule is Cc1c[nH]c(C)c1Cn1nnc(N)n1. The van der Waals surface area contributed by atoms with E-state index in [1.54, 1.807) is 0 Å². The predicted octanol–water partition coefficient (Wildman–Crippen LogP) is 0.249. The first kappa shape index (κ1) is 8.74. The average molecular weight is 192 g/mol. The molecule has 2 rings (SSSR count). The molecule has 6 nitrogen and oxygen atoms in total. The van der Waals surface area contributed by atoms with Gasteiger partial charge in [-0.25, -0.2) is 0 Å². The Labute approximate surface area is 81.1 Å². The molecule has 6 heteroatoms. The molecule has 3 N–H and O–H groups in total. The van der Waals surface area contributed by atoms with Crippen molar-refractivity contribution < 1.29 is 0 Å². The zero-order valence-electron chi connectivity index (χ0n) is 8.15. The zero-order valence-corrected chi connectivity index (χ0v) is 8.15. The number of aromatic nitrogens is 5. The molecule has 0 saturated carbocycles. The zero-order chi connectivity index (χ0) is 10.1. The Balaban J connectivity index is 2.26. The number of aromatic amines is 1. The van der Waals surface area contributed by atoms with Crippen LogP contribution in [0.25, 0.3) is 0 Å². The summed E-state index contributed by atoms with van der Waals surface area (Å²) in [6.07, 6.45) is 1.96. The normalized spacial score (nSPS) is 10.7. The molecule has 0 unspecified atom stereocenters. The maximum Gasteiger partial charge on any atom is 0.260 e. The molecule has 0 saturated heterocycles. The van der Waals surface area contributed by atoms with Gasteiger partial charge in [-0.05, 0) is 30.2 Å². The summed E-state index contributed by atoms with van der Waals surface area (Å²) in [5.41, 5.74) is 8.87. The molecule has 2 aromatic heterocycles. The number of hydrogen-bond donors (Lipinski definition) is 2. The van der Waals surface area contributed by atoms with E-state index in [1.807, 2.05) is 20.0 Å². The van der Waals surface area contributed by atoms with Crippen molar-refractivity contribution in [2.75, 3.05) is 5.73 Å². The van der Waals surface area contributed by atoms with Crippen LogP contribution in [0.15, 0.2) is 6.20 Å². The number of anilines is 1. The molecule has 2 heterocycles. The fourth-order valence-corrected chi connectivity index (χ4v) is 1.39. The van der Waals surface area contributed by atoms with Crippen molar-refractivity contribution in [1.29, 1.82) is 0 Å². The van der Waals surface area contributed by atoms with Gasteiger partial charge >= 0.3 is 0 Å². The summed E-state index contributed by atoms with van der Waals surface area (Å²) in [5.74, 6) is 0.204. The lowest BCUT2D eigenvalue weighted by molar-refractivity contribution is 0.570. The molecule has 0 aliphatic heterocycles. The summed E-state index contributed by atoms with van der Waals surface area (Å²) in [4.78, 5) is 4.63. The molecule has 14 heavy (non-hydrogen) atoms. The minimum Gasteiger partial charge on any atom is -0.365 e. The van der Waals surface area contributed by atoms with Crippen LogP contribution in [0.4, 0.5) is 5.95 Å².